The Morgan fingerprint density at radius 3 is 2.64 bits per heavy atom. The molecule has 1 aliphatic heterocycles. The summed E-state index contributed by atoms with van der Waals surface area (Å²) in [7, 11) is 0. The zero-order chi connectivity index (χ0) is 10.6. The van der Waals surface area contributed by atoms with Crippen molar-refractivity contribution in [1.82, 2.24) is 10.6 Å². The van der Waals surface area contributed by atoms with E-state index in [0.717, 1.165) is 12.5 Å². The summed E-state index contributed by atoms with van der Waals surface area (Å²) < 4.78 is 0. The highest BCUT2D eigenvalue weighted by molar-refractivity contribution is 4.87. The molecule has 0 saturated carbocycles. The van der Waals surface area contributed by atoms with E-state index in [1.165, 1.54) is 25.8 Å². The fourth-order valence-corrected chi connectivity index (χ4v) is 2.35. The van der Waals surface area contributed by atoms with Gasteiger partial charge in [0.15, 0.2) is 0 Å². The van der Waals surface area contributed by atoms with Gasteiger partial charge >= 0.3 is 0 Å². The van der Waals surface area contributed by atoms with Gasteiger partial charge in [0.05, 0.1) is 0 Å². The Kier molecular flexibility index (Phi) is 4.39. The molecule has 2 heteroatoms. The predicted octanol–water partition coefficient (Wildman–Crippen LogP) is 2.15. The zero-order valence-electron chi connectivity index (χ0n) is 10.2. The molecule has 1 aliphatic rings. The van der Waals surface area contributed by atoms with Crippen LogP contribution in [0.4, 0.5) is 0 Å². The van der Waals surface area contributed by atoms with Crippen LogP contribution in [0.2, 0.25) is 0 Å². The summed E-state index contributed by atoms with van der Waals surface area (Å²) in [5.41, 5.74) is 0.246. The quantitative estimate of drug-likeness (QED) is 0.726. The summed E-state index contributed by atoms with van der Waals surface area (Å²) in [6, 6.07) is 0.670. The number of hydrogen-bond acceptors (Lipinski definition) is 2. The van der Waals surface area contributed by atoms with Gasteiger partial charge in [-0.15, -0.1) is 0 Å². The average Bonchev–Trinajstić information content (AvgIpc) is 2.06. The van der Waals surface area contributed by atoms with Crippen molar-refractivity contribution < 1.29 is 0 Å². The van der Waals surface area contributed by atoms with E-state index in [9.17, 15) is 0 Å². The summed E-state index contributed by atoms with van der Waals surface area (Å²) in [4.78, 5) is 0. The molecule has 0 aliphatic carbocycles. The van der Waals surface area contributed by atoms with Crippen LogP contribution in [0.5, 0.6) is 0 Å². The maximum atomic E-state index is 3.73. The summed E-state index contributed by atoms with van der Waals surface area (Å²) in [5.74, 6) is 0.875. The van der Waals surface area contributed by atoms with Crippen LogP contribution in [0.1, 0.15) is 47.0 Å². The molecular weight excluding hydrogens is 172 g/mol. The molecular formula is C12H26N2. The summed E-state index contributed by atoms with van der Waals surface area (Å²) in [6.07, 6.45) is 4.02. The van der Waals surface area contributed by atoms with Crippen molar-refractivity contribution in [2.24, 2.45) is 5.92 Å². The van der Waals surface area contributed by atoms with Gasteiger partial charge in [0.2, 0.25) is 0 Å². The Bertz CT molecular complexity index is 158. The Balaban J connectivity index is 2.45. The molecule has 0 bridgehead atoms. The third-order valence-corrected chi connectivity index (χ3v) is 2.90. The molecule has 84 valence electrons. The van der Waals surface area contributed by atoms with Crippen molar-refractivity contribution in [3.05, 3.63) is 0 Å². The van der Waals surface area contributed by atoms with Gasteiger partial charge in [-0.3, -0.25) is 0 Å². The molecule has 0 unspecified atom stereocenters. The van der Waals surface area contributed by atoms with E-state index < -0.39 is 0 Å². The van der Waals surface area contributed by atoms with E-state index in [4.69, 9.17) is 0 Å². The third-order valence-electron chi connectivity index (χ3n) is 2.90. The zero-order valence-corrected chi connectivity index (χ0v) is 10.2. The highest BCUT2D eigenvalue weighted by atomic mass is 15.0. The van der Waals surface area contributed by atoms with Crippen LogP contribution in [0, 0.1) is 5.92 Å². The van der Waals surface area contributed by atoms with E-state index in [1.54, 1.807) is 0 Å². The molecule has 0 aromatic rings. The van der Waals surface area contributed by atoms with Crippen LogP contribution in [-0.4, -0.2) is 24.7 Å². The topological polar surface area (TPSA) is 24.1 Å². The molecule has 0 spiro atoms. The molecule has 0 amide bonds. The van der Waals surface area contributed by atoms with E-state index in [0.29, 0.717) is 6.04 Å². The van der Waals surface area contributed by atoms with E-state index >= 15 is 0 Å². The van der Waals surface area contributed by atoms with Gasteiger partial charge in [0.1, 0.15) is 0 Å². The maximum absolute atomic E-state index is 3.73. The van der Waals surface area contributed by atoms with Gasteiger partial charge in [0.25, 0.3) is 0 Å². The third kappa shape index (κ3) is 3.97. The summed E-state index contributed by atoms with van der Waals surface area (Å²) in [6.45, 7) is 11.4. The first-order chi connectivity index (χ1) is 6.53. The lowest BCUT2D eigenvalue weighted by molar-refractivity contribution is 0.220. The first-order valence-electron chi connectivity index (χ1n) is 6.01. The highest BCUT2D eigenvalue weighted by Gasteiger charge is 2.26. The molecule has 14 heavy (non-hydrogen) atoms. The van der Waals surface area contributed by atoms with Crippen LogP contribution in [0.15, 0.2) is 0 Å². The Hall–Kier alpha value is -0.0800. The first kappa shape index (κ1) is 12.0. The molecule has 1 heterocycles. The monoisotopic (exact) mass is 198 g/mol. The number of piperidine rings is 1. The second kappa shape index (κ2) is 5.13. The fourth-order valence-electron chi connectivity index (χ4n) is 2.35. The van der Waals surface area contributed by atoms with Gasteiger partial charge in [-0.1, -0.05) is 13.3 Å². The van der Waals surface area contributed by atoms with Gasteiger partial charge in [-0.25, -0.2) is 0 Å². The van der Waals surface area contributed by atoms with E-state index in [1.807, 2.05) is 0 Å². The van der Waals surface area contributed by atoms with E-state index in [2.05, 4.69) is 38.3 Å². The predicted molar refractivity (Wildman–Crippen MR) is 62.6 cm³/mol. The molecule has 2 N–H and O–H groups in total. The van der Waals surface area contributed by atoms with Gasteiger partial charge < -0.3 is 10.6 Å². The smallest absolute Gasteiger partial charge is 0.0226 e. The second-order valence-electron chi connectivity index (χ2n) is 5.54. The lowest BCUT2D eigenvalue weighted by atomic mass is 9.87. The number of nitrogens with one attached hydrogen (secondary N) is 2. The van der Waals surface area contributed by atoms with Crippen molar-refractivity contribution in [3.8, 4) is 0 Å². The first-order valence-corrected chi connectivity index (χ1v) is 6.01. The van der Waals surface area contributed by atoms with Gasteiger partial charge in [0, 0.05) is 18.1 Å². The second-order valence-corrected chi connectivity index (χ2v) is 5.54. The van der Waals surface area contributed by atoms with Crippen LogP contribution >= 0.6 is 0 Å². The van der Waals surface area contributed by atoms with Crippen LogP contribution < -0.4 is 10.6 Å². The molecule has 1 saturated heterocycles. The highest BCUT2D eigenvalue weighted by Crippen LogP contribution is 2.20. The van der Waals surface area contributed by atoms with Crippen molar-refractivity contribution in [1.29, 1.82) is 0 Å². The lowest BCUT2D eigenvalue weighted by Gasteiger charge is -2.37. The van der Waals surface area contributed by atoms with Crippen LogP contribution in [-0.2, 0) is 0 Å². The van der Waals surface area contributed by atoms with Gasteiger partial charge in [-0.2, -0.15) is 0 Å². The van der Waals surface area contributed by atoms with Gasteiger partial charge in [-0.05, 0) is 46.1 Å². The largest absolute Gasteiger partial charge is 0.315 e. The lowest BCUT2D eigenvalue weighted by Crippen LogP contribution is -2.54. The standard InChI is InChI=1S/C12H26N2/c1-5-6-10-7-8-13-9-11(10)14-12(2,3)4/h10-11,13-14H,5-9H2,1-4H3/t10-,11-/m1/s1. The molecule has 1 fully saturated rings. The minimum absolute atomic E-state index is 0.246. The normalized spacial score (nSPS) is 29.1. The Labute approximate surface area is 88.8 Å². The Morgan fingerprint density at radius 1 is 1.36 bits per heavy atom. The number of rotatable bonds is 3. The summed E-state index contributed by atoms with van der Waals surface area (Å²) in [5, 5.41) is 7.21. The minimum Gasteiger partial charge on any atom is -0.315 e. The fraction of sp³-hybridized carbons (Fsp3) is 1.00. The van der Waals surface area contributed by atoms with Crippen molar-refractivity contribution in [2.45, 2.75) is 58.5 Å². The average molecular weight is 198 g/mol. The van der Waals surface area contributed by atoms with Crippen molar-refractivity contribution >= 4 is 0 Å². The molecule has 0 radical (unpaired) electrons. The number of hydrogen-bond donors (Lipinski definition) is 2. The molecule has 2 atom stereocenters. The summed E-state index contributed by atoms with van der Waals surface area (Å²) >= 11 is 0. The Morgan fingerprint density at radius 2 is 2.07 bits per heavy atom. The SMILES string of the molecule is CCC[C@@H]1CCNC[C@H]1NC(C)(C)C. The minimum atomic E-state index is 0.246. The molecule has 1 rings (SSSR count). The maximum Gasteiger partial charge on any atom is 0.0226 e. The van der Waals surface area contributed by atoms with Crippen molar-refractivity contribution in [3.63, 3.8) is 0 Å². The van der Waals surface area contributed by atoms with Crippen LogP contribution in [0.3, 0.4) is 0 Å². The molecule has 2 nitrogen and oxygen atoms in total. The molecule has 0 aromatic carbocycles. The van der Waals surface area contributed by atoms with Crippen molar-refractivity contribution in [2.75, 3.05) is 13.1 Å². The molecule has 0 aromatic heterocycles. The van der Waals surface area contributed by atoms with Crippen LogP contribution in [0.25, 0.3) is 0 Å². The van der Waals surface area contributed by atoms with E-state index in [-0.39, 0.29) is 5.54 Å².